The Labute approximate surface area is 65.3 Å². The van der Waals surface area contributed by atoms with E-state index in [1.165, 1.54) is 12.1 Å². The fourth-order valence-corrected chi connectivity index (χ4v) is 0.967. The predicted octanol–water partition coefficient (Wildman–Crippen LogP) is 1.03. The van der Waals surface area contributed by atoms with Gasteiger partial charge in [-0.1, -0.05) is 0 Å². The molecule has 0 radical (unpaired) electrons. The molecule has 1 aromatic rings. The molecule has 0 aliphatic carbocycles. The summed E-state index contributed by atoms with van der Waals surface area (Å²) in [6.07, 6.45) is 0.638. The summed E-state index contributed by atoms with van der Waals surface area (Å²) in [4.78, 5) is 4.10. The average Bonchev–Trinajstić information content (AvgIpc) is 1.85. The number of aryl methyl sites for hydroxylation is 1. The number of hydrogen-bond donors (Lipinski definition) is 1. The molecule has 2 nitrogen and oxygen atoms in total. The van der Waals surface area contributed by atoms with Crippen molar-refractivity contribution >= 4 is 0 Å². The van der Waals surface area contributed by atoms with Crippen molar-refractivity contribution in [2.24, 2.45) is 5.73 Å². The summed E-state index contributed by atoms with van der Waals surface area (Å²) < 4.78 is 12.7. The van der Waals surface area contributed by atoms with E-state index in [9.17, 15) is 4.39 Å². The zero-order chi connectivity index (χ0) is 8.27. The molecule has 0 unspecified atom stereocenters. The molecule has 0 aliphatic heterocycles. The maximum atomic E-state index is 12.7. The molecule has 60 valence electrons. The standard InChI is InChI=1S/C8H11FN2/c1-6-4-7(9)5-8(11-6)2-3-10/h4-5H,2-3,10H2,1H3. The molecule has 0 amide bonds. The Morgan fingerprint density at radius 2 is 2.27 bits per heavy atom. The van der Waals surface area contributed by atoms with Crippen molar-refractivity contribution < 1.29 is 4.39 Å². The van der Waals surface area contributed by atoms with E-state index in [2.05, 4.69) is 4.98 Å². The third-order valence-corrected chi connectivity index (χ3v) is 1.37. The quantitative estimate of drug-likeness (QED) is 0.691. The molecule has 0 saturated heterocycles. The van der Waals surface area contributed by atoms with Crippen molar-refractivity contribution in [2.45, 2.75) is 13.3 Å². The zero-order valence-electron chi connectivity index (χ0n) is 6.47. The summed E-state index contributed by atoms with van der Waals surface area (Å²) >= 11 is 0. The van der Waals surface area contributed by atoms with Gasteiger partial charge in [0.1, 0.15) is 5.82 Å². The SMILES string of the molecule is Cc1cc(F)cc(CCN)n1. The molecular weight excluding hydrogens is 143 g/mol. The largest absolute Gasteiger partial charge is 0.330 e. The molecule has 11 heavy (non-hydrogen) atoms. The van der Waals surface area contributed by atoms with Crippen LogP contribution in [-0.4, -0.2) is 11.5 Å². The van der Waals surface area contributed by atoms with Gasteiger partial charge >= 0.3 is 0 Å². The number of nitrogens with two attached hydrogens (primary N) is 1. The highest BCUT2D eigenvalue weighted by molar-refractivity contribution is 5.12. The summed E-state index contributed by atoms with van der Waals surface area (Å²) in [5, 5.41) is 0. The van der Waals surface area contributed by atoms with Crippen LogP contribution in [0.1, 0.15) is 11.4 Å². The van der Waals surface area contributed by atoms with Gasteiger partial charge in [-0.2, -0.15) is 0 Å². The van der Waals surface area contributed by atoms with Crippen LogP contribution in [0.15, 0.2) is 12.1 Å². The van der Waals surface area contributed by atoms with E-state index in [0.717, 1.165) is 5.69 Å². The van der Waals surface area contributed by atoms with Crippen LogP contribution in [0.4, 0.5) is 4.39 Å². The second-order valence-electron chi connectivity index (χ2n) is 2.46. The van der Waals surface area contributed by atoms with E-state index >= 15 is 0 Å². The Kier molecular flexibility index (Phi) is 2.54. The van der Waals surface area contributed by atoms with E-state index in [-0.39, 0.29) is 5.82 Å². The fraction of sp³-hybridized carbons (Fsp3) is 0.375. The van der Waals surface area contributed by atoms with Gasteiger partial charge < -0.3 is 5.73 Å². The lowest BCUT2D eigenvalue weighted by molar-refractivity contribution is 0.619. The highest BCUT2D eigenvalue weighted by Gasteiger charge is 1.97. The van der Waals surface area contributed by atoms with Crippen molar-refractivity contribution in [3.8, 4) is 0 Å². The first-order valence-corrected chi connectivity index (χ1v) is 3.55. The topological polar surface area (TPSA) is 38.9 Å². The van der Waals surface area contributed by atoms with Crippen LogP contribution in [-0.2, 0) is 6.42 Å². The summed E-state index contributed by atoms with van der Waals surface area (Å²) in [6, 6.07) is 2.82. The maximum Gasteiger partial charge on any atom is 0.126 e. The van der Waals surface area contributed by atoms with E-state index in [1.54, 1.807) is 6.92 Å². The van der Waals surface area contributed by atoms with Crippen LogP contribution in [0.3, 0.4) is 0 Å². The molecular formula is C8H11FN2. The Hall–Kier alpha value is -0.960. The molecule has 1 heterocycles. The van der Waals surface area contributed by atoms with Crippen molar-refractivity contribution in [3.05, 3.63) is 29.3 Å². The Balaban J connectivity index is 2.89. The van der Waals surface area contributed by atoms with Gasteiger partial charge in [0.2, 0.25) is 0 Å². The molecule has 0 spiro atoms. The Morgan fingerprint density at radius 1 is 1.55 bits per heavy atom. The Morgan fingerprint density at radius 3 is 2.82 bits per heavy atom. The molecule has 1 rings (SSSR count). The smallest absolute Gasteiger partial charge is 0.126 e. The molecule has 0 aliphatic rings. The molecule has 2 N–H and O–H groups in total. The number of nitrogens with zero attached hydrogens (tertiary/aromatic N) is 1. The van der Waals surface area contributed by atoms with Gasteiger partial charge in [-0.05, 0) is 25.6 Å². The normalized spacial score (nSPS) is 10.1. The molecule has 0 bridgehead atoms. The van der Waals surface area contributed by atoms with Crippen molar-refractivity contribution in [1.29, 1.82) is 0 Å². The zero-order valence-corrected chi connectivity index (χ0v) is 6.47. The molecule has 0 aromatic carbocycles. The van der Waals surface area contributed by atoms with Gasteiger partial charge in [-0.15, -0.1) is 0 Å². The van der Waals surface area contributed by atoms with Gasteiger partial charge in [0.15, 0.2) is 0 Å². The van der Waals surface area contributed by atoms with E-state index in [1.807, 2.05) is 0 Å². The number of halogens is 1. The van der Waals surface area contributed by atoms with Gasteiger partial charge in [-0.3, -0.25) is 4.98 Å². The lowest BCUT2D eigenvalue weighted by atomic mass is 10.2. The first-order chi connectivity index (χ1) is 5.22. The molecule has 0 saturated carbocycles. The highest BCUT2D eigenvalue weighted by atomic mass is 19.1. The summed E-state index contributed by atoms with van der Waals surface area (Å²) in [5.41, 5.74) is 6.73. The third-order valence-electron chi connectivity index (χ3n) is 1.37. The van der Waals surface area contributed by atoms with Crippen molar-refractivity contribution in [3.63, 3.8) is 0 Å². The van der Waals surface area contributed by atoms with Gasteiger partial charge in [0.25, 0.3) is 0 Å². The van der Waals surface area contributed by atoms with E-state index in [0.29, 0.717) is 18.7 Å². The second-order valence-corrected chi connectivity index (χ2v) is 2.46. The van der Waals surface area contributed by atoms with Crippen LogP contribution in [0.5, 0.6) is 0 Å². The van der Waals surface area contributed by atoms with Crippen molar-refractivity contribution in [1.82, 2.24) is 4.98 Å². The van der Waals surface area contributed by atoms with Crippen LogP contribution >= 0.6 is 0 Å². The summed E-state index contributed by atoms with van der Waals surface area (Å²) in [6.45, 7) is 2.28. The molecule has 0 fully saturated rings. The van der Waals surface area contributed by atoms with Crippen LogP contribution in [0, 0.1) is 12.7 Å². The third kappa shape index (κ3) is 2.27. The fourth-order valence-electron chi connectivity index (χ4n) is 0.967. The minimum Gasteiger partial charge on any atom is -0.330 e. The molecule has 1 aromatic heterocycles. The minimum atomic E-state index is -0.235. The predicted molar refractivity (Wildman–Crippen MR) is 41.7 cm³/mol. The number of pyridine rings is 1. The highest BCUT2D eigenvalue weighted by Crippen LogP contribution is 2.03. The number of hydrogen-bond acceptors (Lipinski definition) is 2. The molecule has 3 heteroatoms. The first kappa shape index (κ1) is 8.14. The second kappa shape index (κ2) is 3.44. The first-order valence-electron chi connectivity index (χ1n) is 3.55. The maximum absolute atomic E-state index is 12.7. The molecule has 0 atom stereocenters. The van der Waals surface area contributed by atoms with Gasteiger partial charge in [-0.25, -0.2) is 4.39 Å². The van der Waals surface area contributed by atoms with E-state index in [4.69, 9.17) is 5.73 Å². The van der Waals surface area contributed by atoms with Crippen LogP contribution < -0.4 is 5.73 Å². The van der Waals surface area contributed by atoms with Gasteiger partial charge in [0, 0.05) is 17.8 Å². The van der Waals surface area contributed by atoms with Crippen molar-refractivity contribution in [2.75, 3.05) is 6.54 Å². The monoisotopic (exact) mass is 154 g/mol. The van der Waals surface area contributed by atoms with Crippen LogP contribution in [0.2, 0.25) is 0 Å². The van der Waals surface area contributed by atoms with E-state index < -0.39 is 0 Å². The lowest BCUT2D eigenvalue weighted by Crippen LogP contribution is -2.05. The van der Waals surface area contributed by atoms with Crippen LogP contribution in [0.25, 0.3) is 0 Å². The number of aromatic nitrogens is 1. The number of rotatable bonds is 2. The lowest BCUT2D eigenvalue weighted by Gasteiger charge is -1.99. The van der Waals surface area contributed by atoms with Gasteiger partial charge in [0.05, 0.1) is 0 Å². The summed E-state index contributed by atoms with van der Waals surface area (Å²) in [7, 11) is 0. The average molecular weight is 154 g/mol. The summed E-state index contributed by atoms with van der Waals surface area (Å²) in [5.74, 6) is -0.235. The Bertz CT molecular complexity index is 228. The minimum absolute atomic E-state index is 0.235.